The Hall–Kier alpha value is -2.91. The Morgan fingerprint density at radius 3 is 2.46 bits per heavy atom. The van der Waals surface area contributed by atoms with Crippen molar-refractivity contribution < 1.29 is 18.7 Å². The van der Waals surface area contributed by atoms with Crippen LogP contribution in [0.3, 0.4) is 0 Å². The molecule has 0 saturated heterocycles. The lowest BCUT2D eigenvalue weighted by molar-refractivity contribution is -0.131. The predicted molar refractivity (Wildman–Crippen MR) is 94.9 cm³/mol. The monoisotopic (exact) mass is 356 g/mol. The van der Waals surface area contributed by atoms with Crippen LogP contribution in [0.4, 0.5) is 4.39 Å². The van der Waals surface area contributed by atoms with E-state index in [0.717, 1.165) is 5.56 Å². The number of ether oxygens (including phenoxy) is 2. The number of nitrogens with zero attached hydrogens (tertiary/aromatic N) is 1. The van der Waals surface area contributed by atoms with Crippen LogP contribution in [-0.2, 0) is 16.1 Å². The topological polar surface area (TPSA) is 71.3 Å². The molecule has 5 nitrogen and oxygen atoms in total. The van der Waals surface area contributed by atoms with Crippen molar-refractivity contribution in [3.8, 4) is 11.8 Å². The zero-order chi connectivity index (χ0) is 19.1. The summed E-state index contributed by atoms with van der Waals surface area (Å²) >= 11 is 0. The lowest BCUT2D eigenvalue weighted by Crippen LogP contribution is -2.30. The third-order valence-electron chi connectivity index (χ3n) is 3.65. The van der Waals surface area contributed by atoms with Crippen molar-refractivity contribution in [3.05, 3.63) is 65.0 Å². The third-order valence-corrected chi connectivity index (χ3v) is 3.65. The number of carbonyl (C=O) groups is 1. The highest BCUT2D eigenvalue weighted by Crippen LogP contribution is 2.25. The van der Waals surface area contributed by atoms with Crippen molar-refractivity contribution in [3.63, 3.8) is 0 Å². The molecule has 0 aromatic heterocycles. The van der Waals surface area contributed by atoms with Gasteiger partial charge in [-0.1, -0.05) is 12.1 Å². The summed E-state index contributed by atoms with van der Waals surface area (Å²) in [7, 11) is 1.35. The second-order valence-corrected chi connectivity index (χ2v) is 5.99. The van der Waals surface area contributed by atoms with Crippen molar-refractivity contribution in [2.75, 3.05) is 7.11 Å². The van der Waals surface area contributed by atoms with E-state index in [0.29, 0.717) is 11.3 Å². The normalized spacial score (nSPS) is 11.7. The Bertz CT molecular complexity index is 798. The highest BCUT2D eigenvalue weighted by Gasteiger charge is 2.23. The molecule has 6 heteroatoms. The van der Waals surface area contributed by atoms with Gasteiger partial charge >= 0.3 is 0 Å². The van der Waals surface area contributed by atoms with Crippen molar-refractivity contribution in [1.82, 2.24) is 5.32 Å². The van der Waals surface area contributed by atoms with Crippen LogP contribution in [-0.4, -0.2) is 19.1 Å². The number of rotatable bonds is 7. The SMILES string of the molecule is CO[C@H](C(=O)NCc1ccc(C#N)cc1)c1ccc(OC(C)C)cc1F. The molecule has 0 aliphatic heterocycles. The lowest BCUT2D eigenvalue weighted by atomic mass is 10.1. The molecular formula is C20H21FN2O3. The Balaban J connectivity index is 2.06. The second kappa shape index (κ2) is 8.97. The zero-order valence-corrected chi connectivity index (χ0v) is 15.0. The van der Waals surface area contributed by atoms with E-state index < -0.39 is 17.8 Å². The fourth-order valence-electron chi connectivity index (χ4n) is 2.42. The summed E-state index contributed by atoms with van der Waals surface area (Å²) in [4.78, 5) is 12.4. The molecule has 2 rings (SSSR count). The molecule has 1 atom stereocenters. The fraction of sp³-hybridized carbons (Fsp3) is 0.300. The Morgan fingerprint density at radius 1 is 1.23 bits per heavy atom. The van der Waals surface area contributed by atoms with Gasteiger partial charge in [-0.3, -0.25) is 4.79 Å². The smallest absolute Gasteiger partial charge is 0.254 e. The molecule has 2 aromatic carbocycles. The summed E-state index contributed by atoms with van der Waals surface area (Å²) < 4.78 is 25.0. The summed E-state index contributed by atoms with van der Waals surface area (Å²) in [6, 6.07) is 13.2. The largest absolute Gasteiger partial charge is 0.491 e. The minimum atomic E-state index is -1.07. The molecule has 26 heavy (non-hydrogen) atoms. The molecule has 0 unspecified atom stereocenters. The van der Waals surface area contributed by atoms with Crippen LogP contribution in [0, 0.1) is 17.1 Å². The van der Waals surface area contributed by atoms with Crippen LogP contribution >= 0.6 is 0 Å². The van der Waals surface area contributed by atoms with Gasteiger partial charge in [-0.2, -0.15) is 5.26 Å². The lowest BCUT2D eigenvalue weighted by Gasteiger charge is -2.17. The van der Waals surface area contributed by atoms with Gasteiger partial charge in [0.25, 0.3) is 5.91 Å². The Labute approximate surface area is 152 Å². The van der Waals surface area contributed by atoms with Gasteiger partial charge in [-0.05, 0) is 43.7 Å². The number of amides is 1. The summed E-state index contributed by atoms with van der Waals surface area (Å²) in [6.07, 6.45) is -1.14. The molecule has 1 amide bonds. The number of carbonyl (C=O) groups excluding carboxylic acids is 1. The van der Waals surface area contributed by atoms with Crippen molar-refractivity contribution in [2.24, 2.45) is 0 Å². The zero-order valence-electron chi connectivity index (χ0n) is 15.0. The molecule has 0 aliphatic rings. The summed E-state index contributed by atoms with van der Waals surface area (Å²) in [5.74, 6) is -0.620. The number of nitrogens with one attached hydrogen (secondary N) is 1. The van der Waals surface area contributed by atoms with Crippen LogP contribution in [0.15, 0.2) is 42.5 Å². The van der Waals surface area contributed by atoms with Crippen molar-refractivity contribution in [2.45, 2.75) is 32.6 Å². The minimum absolute atomic E-state index is 0.0748. The van der Waals surface area contributed by atoms with E-state index in [1.807, 2.05) is 19.9 Å². The van der Waals surface area contributed by atoms with E-state index in [1.165, 1.54) is 19.2 Å². The Morgan fingerprint density at radius 2 is 1.92 bits per heavy atom. The first-order valence-corrected chi connectivity index (χ1v) is 8.20. The number of hydrogen-bond donors (Lipinski definition) is 1. The van der Waals surface area contributed by atoms with Gasteiger partial charge in [-0.15, -0.1) is 0 Å². The van der Waals surface area contributed by atoms with E-state index in [4.69, 9.17) is 14.7 Å². The molecule has 0 fully saturated rings. The highest BCUT2D eigenvalue weighted by atomic mass is 19.1. The average molecular weight is 356 g/mol. The first-order valence-electron chi connectivity index (χ1n) is 8.20. The van der Waals surface area contributed by atoms with E-state index in [9.17, 15) is 9.18 Å². The standard InChI is InChI=1S/C20H21FN2O3/c1-13(2)26-16-8-9-17(18(21)10-16)19(25-3)20(24)23-12-15-6-4-14(11-22)5-7-15/h4-10,13,19H,12H2,1-3H3,(H,23,24)/t19-/m0/s1. The summed E-state index contributed by atoms with van der Waals surface area (Å²) in [5.41, 5.74) is 1.51. The maximum Gasteiger partial charge on any atom is 0.254 e. The summed E-state index contributed by atoms with van der Waals surface area (Å²) in [6.45, 7) is 3.95. The van der Waals surface area contributed by atoms with Gasteiger partial charge in [0.2, 0.25) is 0 Å². The van der Waals surface area contributed by atoms with Gasteiger partial charge in [0, 0.05) is 25.3 Å². The number of nitriles is 1. The molecule has 0 radical (unpaired) electrons. The minimum Gasteiger partial charge on any atom is -0.491 e. The molecule has 136 valence electrons. The van der Waals surface area contributed by atoms with Gasteiger partial charge < -0.3 is 14.8 Å². The number of benzene rings is 2. The molecular weight excluding hydrogens is 335 g/mol. The first-order chi connectivity index (χ1) is 12.4. The van der Waals surface area contributed by atoms with E-state index in [-0.39, 0.29) is 18.2 Å². The number of methoxy groups -OCH3 is 1. The first kappa shape index (κ1) is 19.4. The van der Waals surface area contributed by atoms with E-state index >= 15 is 0 Å². The van der Waals surface area contributed by atoms with Crippen LogP contribution < -0.4 is 10.1 Å². The quantitative estimate of drug-likeness (QED) is 0.824. The summed E-state index contributed by atoms with van der Waals surface area (Å²) in [5, 5.41) is 11.5. The van der Waals surface area contributed by atoms with Gasteiger partial charge in [0.15, 0.2) is 6.10 Å². The number of hydrogen-bond acceptors (Lipinski definition) is 4. The third kappa shape index (κ3) is 5.04. The predicted octanol–water partition coefficient (Wildman–Crippen LogP) is 3.49. The average Bonchev–Trinajstić information content (AvgIpc) is 2.62. The molecule has 1 N–H and O–H groups in total. The Kier molecular flexibility index (Phi) is 6.70. The second-order valence-electron chi connectivity index (χ2n) is 5.99. The van der Waals surface area contributed by atoms with Gasteiger partial charge in [0.05, 0.1) is 17.7 Å². The maximum atomic E-state index is 14.4. The highest BCUT2D eigenvalue weighted by molar-refractivity contribution is 5.82. The maximum absolute atomic E-state index is 14.4. The van der Waals surface area contributed by atoms with Gasteiger partial charge in [-0.25, -0.2) is 4.39 Å². The van der Waals surface area contributed by atoms with Gasteiger partial charge in [0.1, 0.15) is 11.6 Å². The molecule has 0 saturated carbocycles. The van der Waals surface area contributed by atoms with Crippen LogP contribution in [0.25, 0.3) is 0 Å². The molecule has 0 heterocycles. The molecule has 2 aromatic rings. The molecule has 0 aliphatic carbocycles. The fourth-order valence-corrected chi connectivity index (χ4v) is 2.42. The molecule has 0 spiro atoms. The molecule has 0 bridgehead atoms. The van der Waals surface area contributed by atoms with E-state index in [1.54, 1.807) is 30.3 Å². The van der Waals surface area contributed by atoms with Crippen LogP contribution in [0.2, 0.25) is 0 Å². The van der Waals surface area contributed by atoms with Crippen LogP contribution in [0.5, 0.6) is 5.75 Å². The number of halogens is 1. The van der Waals surface area contributed by atoms with Crippen LogP contribution in [0.1, 0.15) is 36.6 Å². The van der Waals surface area contributed by atoms with Crippen molar-refractivity contribution in [1.29, 1.82) is 5.26 Å². The van der Waals surface area contributed by atoms with Crippen molar-refractivity contribution >= 4 is 5.91 Å². The van der Waals surface area contributed by atoms with E-state index in [2.05, 4.69) is 5.32 Å².